The normalized spacial score (nSPS) is 24.9. The van der Waals surface area contributed by atoms with Crippen LogP contribution in [0.5, 0.6) is 0 Å². The molecule has 0 spiro atoms. The lowest BCUT2D eigenvalue weighted by Gasteiger charge is -2.37. The summed E-state index contributed by atoms with van der Waals surface area (Å²) in [6.45, 7) is 0.885. The smallest absolute Gasteiger partial charge is 0.365 e. The summed E-state index contributed by atoms with van der Waals surface area (Å²) in [4.78, 5) is 3.80. The highest BCUT2D eigenvalue weighted by atomic mass is 127. The molecule has 4 rings (SSSR count). The molecule has 0 N–H and O–H groups in total. The molecule has 0 saturated carbocycles. The Kier molecular flexibility index (Phi) is 7.13. The molecule has 3 unspecified atom stereocenters. The number of allylic oxidation sites excluding steroid dienone is 1. The van der Waals surface area contributed by atoms with E-state index in [9.17, 15) is 13.2 Å². The molecule has 0 bridgehead atoms. The molecule has 0 aliphatic carbocycles. The molecule has 2 aliphatic rings. The van der Waals surface area contributed by atoms with E-state index in [4.69, 9.17) is 0 Å². The Labute approximate surface area is 206 Å². The van der Waals surface area contributed by atoms with Crippen LogP contribution in [0.25, 0.3) is 0 Å². The van der Waals surface area contributed by atoms with Crippen molar-refractivity contribution in [3.63, 3.8) is 0 Å². The SMILES string of the molecule is FC(F)(F)C1CC(C2CC=CS2)N(c2ccccc2I)CCN1c1ccccc1I. The first-order valence-corrected chi connectivity index (χ1v) is 12.9. The highest BCUT2D eigenvalue weighted by Gasteiger charge is 2.49. The third-order valence-corrected chi connectivity index (χ3v) is 8.70. The quantitative estimate of drug-likeness (QED) is 0.331. The molecule has 2 aromatic carbocycles. The zero-order valence-corrected chi connectivity index (χ0v) is 21.2. The summed E-state index contributed by atoms with van der Waals surface area (Å²) in [5.74, 6) is 0. The van der Waals surface area contributed by atoms with Gasteiger partial charge in [0.15, 0.2) is 0 Å². The van der Waals surface area contributed by atoms with Gasteiger partial charge in [-0.05, 0) is 87.7 Å². The van der Waals surface area contributed by atoms with Crippen LogP contribution in [-0.2, 0) is 0 Å². The fraction of sp³-hybridized carbons (Fsp3) is 0.364. The topological polar surface area (TPSA) is 6.48 Å². The van der Waals surface area contributed by atoms with Gasteiger partial charge in [0.1, 0.15) is 6.04 Å². The Morgan fingerprint density at radius 3 is 1.97 bits per heavy atom. The highest BCUT2D eigenvalue weighted by Crippen LogP contribution is 2.42. The van der Waals surface area contributed by atoms with Crippen molar-refractivity contribution in [2.75, 3.05) is 22.9 Å². The van der Waals surface area contributed by atoms with Crippen LogP contribution < -0.4 is 9.80 Å². The second-order valence-electron chi connectivity index (χ2n) is 7.43. The summed E-state index contributed by atoms with van der Waals surface area (Å²) in [6.07, 6.45) is -1.36. The predicted molar refractivity (Wildman–Crippen MR) is 136 cm³/mol. The minimum Gasteiger partial charge on any atom is -0.365 e. The number of alkyl halides is 3. The number of anilines is 2. The maximum Gasteiger partial charge on any atom is 0.408 e. The van der Waals surface area contributed by atoms with Gasteiger partial charge < -0.3 is 9.80 Å². The molecular formula is C22H21F3I2N2S. The third-order valence-electron chi connectivity index (χ3n) is 5.67. The molecule has 160 valence electrons. The van der Waals surface area contributed by atoms with E-state index < -0.39 is 12.2 Å². The maximum atomic E-state index is 14.4. The molecule has 1 fully saturated rings. The summed E-state index contributed by atoms with van der Waals surface area (Å²) in [5, 5.41) is 2.16. The van der Waals surface area contributed by atoms with Crippen LogP contribution in [0.4, 0.5) is 24.5 Å². The first kappa shape index (κ1) is 22.6. The first-order chi connectivity index (χ1) is 14.4. The fourth-order valence-corrected chi connectivity index (χ4v) is 6.77. The molecule has 0 amide bonds. The number of nitrogens with zero attached hydrogens (tertiary/aromatic N) is 2. The molecule has 0 aromatic heterocycles. The number of hydrogen-bond donors (Lipinski definition) is 0. The van der Waals surface area contributed by atoms with Gasteiger partial charge in [0, 0.05) is 31.5 Å². The minimum absolute atomic E-state index is 0.0544. The average molecular weight is 656 g/mol. The summed E-state index contributed by atoms with van der Waals surface area (Å²) in [7, 11) is 0. The number of thioether (sulfide) groups is 1. The lowest BCUT2D eigenvalue weighted by molar-refractivity contribution is -0.150. The van der Waals surface area contributed by atoms with Crippen molar-refractivity contribution >= 4 is 68.3 Å². The Bertz CT molecular complexity index is 913. The van der Waals surface area contributed by atoms with E-state index in [0.717, 1.165) is 19.2 Å². The van der Waals surface area contributed by atoms with Gasteiger partial charge >= 0.3 is 6.18 Å². The minimum atomic E-state index is -4.30. The summed E-state index contributed by atoms with van der Waals surface area (Å²) >= 11 is 6.10. The number of para-hydroxylation sites is 2. The lowest BCUT2D eigenvalue weighted by atomic mass is 9.99. The van der Waals surface area contributed by atoms with Crippen molar-refractivity contribution in [1.29, 1.82) is 0 Å². The van der Waals surface area contributed by atoms with Crippen LogP contribution in [-0.4, -0.2) is 36.6 Å². The van der Waals surface area contributed by atoms with E-state index in [1.165, 1.54) is 0 Å². The molecule has 1 saturated heterocycles. The zero-order chi connectivity index (χ0) is 21.3. The van der Waals surface area contributed by atoms with Gasteiger partial charge in [-0.15, -0.1) is 11.8 Å². The van der Waals surface area contributed by atoms with Crippen LogP contribution in [0.2, 0.25) is 0 Å². The molecule has 2 nitrogen and oxygen atoms in total. The predicted octanol–water partition coefficient (Wildman–Crippen LogP) is 6.93. The summed E-state index contributed by atoms with van der Waals surface area (Å²) < 4.78 is 45.0. The second kappa shape index (κ2) is 9.48. The van der Waals surface area contributed by atoms with Crippen LogP contribution in [0.3, 0.4) is 0 Å². The van der Waals surface area contributed by atoms with E-state index in [2.05, 4.69) is 56.2 Å². The van der Waals surface area contributed by atoms with Gasteiger partial charge in [0.25, 0.3) is 0 Å². The number of rotatable bonds is 3. The molecule has 2 aromatic rings. The highest BCUT2D eigenvalue weighted by molar-refractivity contribution is 14.1. The summed E-state index contributed by atoms with van der Waals surface area (Å²) in [6, 6.07) is 13.7. The van der Waals surface area contributed by atoms with E-state index >= 15 is 0 Å². The number of benzene rings is 2. The van der Waals surface area contributed by atoms with Gasteiger partial charge in [0.05, 0.1) is 11.4 Å². The first-order valence-electron chi connectivity index (χ1n) is 9.76. The Balaban J connectivity index is 1.77. The van der Waals surface area contributed by atoms with E-state index in [-0.39, 0.29) is 17.7 Å². The molecule has 2 heterocycles. The van der Waals surface area contributed by atoms with E-state index in [1.54, 1.807) is 16.7 Å². The van der Waals surface area contributed by atoms with E-state index in [0.29, 0.717) is 18.8 Å². The molecule has 0 radical (unpaired) electrons. The average Bonchev–Trinajstić information content (AvgIpc) is 3.16. The largest absolute Gasteiger partial charge is 0.408 e. The van der Waals surface area contributed by atoms with E-state index in [1.807, 2.05) is 53.9 Å². The standard InChI is InChI=1S/C22H21F3I2N2S/c23-22(24,25)21-14-19(20-10-5-13-30-20)28(17-8-3-1-6-15(17)26)11-12-29(21)18-9-4-2-7-16(18)27/h1-9,13,19-21H,10-12,14H2. The molecule has 8 heteroatoms. The maximum absolute atomic E-state index is 14.4. The van der Waals surface area contributed by atoms with Crippen LogP contribution in [0.1, 0.15) is 12.8 Å². The van der Waals surface area contributed by atoms with Crippen LogP contribution in [0.15, 0.2) is 60.0 Å². The fourth-order valence-electron chi connectivity index (χ4n) is 4.29. The lowest BCUT2D eigenvalue weighted by Crippen LogP contribution is -2.48. The third kappa shape index (κ3) is 4.74. The Morgan fingerprint density at radius 2 is 1.43 bits per heavy atom. The van der Waals surface area contributed by atoms with Gasteiger partial charge in [-0.2, -0.15) is 13.2 Å². The van der Waals surface area contributed by atoms with Crippen LogP contribution >= 0.6 is 56.9 Å². The van der Waals surface area contributed by atoms with Gasteiger partial charge in [-0.1, -0.05) is 30.3 Å². The van der Waals surface area contributed by atoms with Gasteiger partial charge in [-0.25, -0.2) is 0 Å². The van der Waals surface area contributed by atoms with Crippen molar-refractivity contribution in [2.24, 2.45) is 0 Å². The van der Waals surface area contributed by atoms with Crippen molar-refractivity contribution < 1.29 is 13.2 Å². The second-order valence-corrected chi connectivity index (χ2v) is 10.9. The van der Waals surface area contributed by atoms with Gasteiger partial charge in [0.2, 0.25) is 0 Å². The number of hydrogen-bond acceptors (Lipinski definition) is 3. The number of halogens is 5. The molecular weight excluding hydrogens is 635 g/mol. The van der Waals surface area contributed by atoms with Crippen molar-refractivity contribution in [1.82, 2.24) is 0 Å². The van der Waals surface area contributed by atoms with Gasteiger partial charge in [-0.3, -0.25) is 0 Å². The van der Waals surface area contributed by atoms with Crippen molar-refractivity contribution in [3.05, 3.63) is 67.2 Å². The Morgan fingerprint density at radius 1 is 0.867 bits per heavy atom. The zero-order valence-electron chi connectivity index (χ0n) is 16.0. The summed E-state index contributed by atoms with van der Waals surface area (Å²) in [5.41, 5.74) is 1.70. The van der Waals surface area contributed by atoms with Crippen molar-refractivity contribution in [3.8, 4) is 0 Å². The Hall–Kier alpha value is -0.620. The molecule has 30 heavy (non-hydrogen) atoms. The molecule has 3 atom stereocenters. The van der Waals surface area contributed by atoms with Crippen molar-refractivity contribution in [2.45, 2.75) is 36.4 Å². The van der Waals surface area contributed by atoms with Crippen LogP contribution in [0, 0.1) is 7.14 Å². The monoisotopic (exact) mass is 656 g/mol. The molecule has 2 aliphatic heterocycles.